The molecule has 0 radical (unpaired) electrons. The SMILES string of the molecule is C=CCNC(=O)c1cc2ccc(OC(=O)/C(C#N)=C/c3ccccc3OC)cc2oc1=O. The molecule has 0 saturated carbocycles. The summed E-state index contributed by atoms with van der Waals surface area (Å²) in [6.07, 6.45) is 2.84. The number of fused-ring (bicyclic) bond motifs is 1. The lowest BCUT2D eigenvalue weighted by atomic mass is 10.1. The summed E-state index contributed by atoms with van der Waals surface area (Å²) in [5.41, 5.74) is -0.583. The quantitative estimate of drug-likeness (QED) is 0.153. The predicted octanol–water partition coefficient (Wildman–Crippen LogP) is 3.23. The van der Waals surface area contributed by atoms with Crippen molar-refractivity contribution in [3.05, 3.63) is 88.3 Å². The molecule has 1 amide bonds. The van der Waals surface area contributed by atoms with Crippen molar-refractivity contribution < 1.29 is 23.5 Å². The van der Waals surface area contributed by atoms with Crippen molar-refractivity contribution in [2.45, 2.75) is 0 Å². The highest BCUT2D eigenvalue weighted by molar-refractivity contribution is 6.00. The predicted molar refractivity (Wildman–Crippen MR) is 117 cm³/mol. The van der Waals surface area contributed by atoms with Gasteiger partial charge in [-0.1, -0.05) is 24.3 Å². The molecule has 1 aromatic heterocycles. The van der Waals surface area contributed by atoms with Crippen molar-refractivity contribution in [1.82, 2.24) is 5.32 Å². The van der Waals surface area contributed by atoms with Gasteiger partial charge in [0.05, 0.1) is 7.11 Å². The Kier molecular flexibility index (Phi) is 6.83. The second-order valence-electron chi connectivity index (χ2n) is 6.45. The molecule has 0 aliphatic rings. The van der Waals surface area contributed by atoms with Crippen molar-refractivity contribution in [3.8, 4) is 17.6 Å². The minimum atomic E-state index is -0.888. The van der Waals surface area contributed by atoms with Crippen LogP contribution in [0.4, 0.5) is 0 Å². The number of carbonyl (C=O) groups excluding carboxylic acids is 2. The second-order valence-corrected chi connectivity index (χ2v) is 6.45. The van der Waals surface area contributed by atoms with Crippen molar-refractivity contribution in [2.75, 3.05) is 13.7 Å². The Hall–Kier alpha value is -4.64. The molecule has 0 fully saturated rings. The second kappa shape index (κ2) is 9.91. The van der Waals surface area contributed by atoms with Gasteiger partial charge in [-0.05, 0) is 30.3 Å². The molecular formula is C24H18N2O6. The monoisotopic (exact) mass is 430 g/mol. The first-order valence-electron chi connectivity index (χ1n) is 9.40. The summed E-state index contributed by atoms with van der Waals surface area (Å²) < 4.78 is 15.7. The van der Waals surface area contributed by atoms with Gasteiger partial charge in [-0.3, -0.25) is 4.79 Å². The summed E-state index contributed by atoms with van der Waals surface area (Å²) in [4.78, 5) is 36.7. The minimum absolute atomic E-state index is 0.0654. The molecule has 8 nitrogen and oxygen atoms in total. The van der Waals surface area contributed by atoms with Crippen LogP contribution in [-0.2, 0) is 4.79 Å². The van der Waals surface area contributed by atoms with Gasteiger partial charge in [0.2, 0.25) is 0 Å². The zero-order valence-corrected chi connectivity index (χ0v) is 17.1. The normalized spacial score (nSPS) is 10.8. The standard InChI is InChI=1S/C24H18N2O6/c1-3-10-26-22(27)19-12-16-8-9-18(13-21(16)32-24(19)29)31-23(28)17(14-25)11-15-6-4-5-7-20(15)30-2/h3-9,11-13H,1,10H2,2H3,(H,26,27)/b17-11+. The van der Waals surface area contributed by atoms with Gasteiger partial charge in [0.25, 0.3) is 5.91 Å². The van der Waals surface area contributed by atoms with Crippen LogP contribution in [-0.4, -0.2) is 25.5 Å². The van der Waals surface area contributed by atoms with E-state index in [2.05, 4.69) is 11.9 Å². The number of nitriles is 1. The van der Waals surface area contributed by atoms with Gasteiger partial charge in [-0.25, -0.2) is 9.59 Å². The number of nitrogens with zero attached hydrogens (tertiary/aromatic N) is 1. The van der Waals surface area contributed by atoms with Crippen LogP contribution in [0.5, 0.6) is 11.5 Å². The summed E-state index contributed by atoms with van der Waals surface area (Å²) in [7, 11) is 1.48. The van der Waals surface area contributed by atoms with E-state index in [1.54, 1.807) is 24.3 Å². The Balaban J connectivity index is 1.86. The smallest absolute Gasteiger partial charge is 0.354 e. The molecule has 0 unspecified atom stereocenters. The number of amides is 1. The van der Waals surface area contributed by atoms with Crippen LogP contribution >= 0.6 is 0 Å². The Morgan fingerprint density at radius 1 is 1.22 bits per heavy atom. The van der Waals surface area contributed by atoms with Crippen LogP contribution in [0, 0.1) is 11.3 Å². The van der Waals surface area contributed by atoms with Crippen molar-refractivity contribution in [3.63, 3.8) is 0 Å². The minimum Gasteiger partial charge on any atom is -0.496 e. The van der Waals surface area contributed by atoms with Gasteiger partial charge < -0.3 is 19.2 Å². The molecule has 0 spiro atoms. The topological polar surface area (TPSA) is 119 Å². The number of hydrogen-bond donors (Lipinski definition) is 1. The maximum Gasteiger partial charge on any atom is 0.354 e. The van der Waals surface area contributed by atoms with E-state index in [1.165, 1.54) is 43.5 Å². The van der Waals surface area contributed by atoms with Crippen LogP contribution in [0.3, 0.4) is 0 Å². The van der Waals surface area contributed by atoms with Crippen LogP contribution in [0.15, 0.2) is 76.0 Å². The van der Waals surface area contributed by atoms with Gasteiger partial charge in [-0.15, -0.1) is 6.58 Å². The molecule has 0 aliphatic carbocycles. The number of methoxy groups -OCH3 is 1. The average Bonchev–Trinajstić information content (AvgIpc) is 2.80. The highest BCUT2D eigenvalue weighted by atomic mass is 16.5. The Bertz CT molecular complexity index is 1330. The summed E-state index contributed by atoms with van der Waals surface area (Å²) in [5, 5.41) is 12.4. The molecule has 3 aromatic rings. The molecule has 3 rings (SSSR count). The van der Waals surface area contributed by atoms with E-state index in [1.807, 2.05) is 6.07 Å². The summed E-state index contributed by atoms with van der Waals surface area (Å²) in [6.45, 7) is 3.70. The third-order valence-electron chi connectivity index (χ3n) is 4.35. The first-order chi connectivity index (χ1) is 15.5. The van der Waals surface area contributed by atoms with Gasteiger partial charge in [0.15, 0.2) is 0 Å². The van der Waals surface area contributed by atoms with Crippen LogP contribution in [0.25, 0.3) is 17.0 Å². The van der Waals surface area contributed by atoms with Crippen molar-refractivity contribution in [1.29, 1.82) is 5.26 Å². The zero-order valence-electron chi connectivity index (χ0n) is 17.1. The fourth-order valence-electron chi connectivity index (χ4n) is 2.81. The lowest BCUT2D eigenvalue weighted by molar-refractivity contribution is -0.129. The first kappa shape index (κ1) is 22.1. The lowest BCUT2D eigenvalue weighted by Gasteiger charge is -2.07. The maximum absolute atomic E-state index is 12.5. The van der Waals surface area contributed by atoms with Crippen LogP contribution in [0.2, 0.25) is 0 Å². The van der Waals surface area contributed by atoms with E-state index in [4.69, 9.17) is 13.9 Å². The van der Waals surface area contributed by atoms with E-state index in [0.717, 1.165) is 0 Å². The Labute approximate surface area is 183 Å². The lowest BCUT2D eigenvalue weighted by Crippen LogP contribution is -2.28. The highest BCUT2D eigenvalue weighted by Crippen LogP contribution is 2.23. The summed E-state index contributed by atoms with van der Waals surface area (Å²) in [6, 6.07) is 14.4. The van der Waals surface area contributed by atoms with E-state index in [9.17, 15) is 19.6 Å². The van der Waals surface area contributed by atoms with E-state index in [-0.39, 0.29) is 29.0 Å². The molecule has 8 heteroatoms. The molecular weight excluding hydrogens is 412 g/mol. The number of ether oxygens (including phenoxy) is 2. The number of carbonyl (C=O) groups is 2. The molecule has 1 heterocycles. The molecule has 0 bridgehead atoms. The molecule has 0 aliphatic heterocycles. The number of esters is 1. The number of hydrogen-bond acceptors (Lipinski definition) is 7. The largest absolute Gasteiger partial charge is 0.496 e. The van der Waals surface area contributed by atoms with Crippen molar-refractivity contribution >= 4 is 28.9 Å². The first-order valence-corrected chi connectivity index (χ1v) is 9.40. The van der Waals surface area contributed by atoms with E-state index >= 15 is 0 Å². The van der Waals surface area contributed by atoms with Crippen molar-refractivity contribution in [2.24, 2.45) is 0 Å². The van der Waals surface area contributed by atoms with Crippen LogP contribution in [0.1, 0.15) is 15.9 Å². The number of nitrogens with one attached hydrogen (secondary N) is 1. The molecule has 160 valence electrons. The number of rotatable bonds is 7. The Morgan fingerprint density at radius 3 is 2.72 bits per heavy atom. The van der Waals surface area contributed by atoms with Crippen LogP contribution < -0.4 is 20.4 Å². The van der Waals surface area contributed by atoms with E-state index in [0.29, 0.717) is 16.7 Å². The summed E-state index contributed by atoms with van der Waals surface area (Å²) in [5.74, 6) is -0.916. The fraction of sp³-hybridized carbons (Fsp3) is 0.0833. The molecule has 0 atom stereocenters. The highest BCUT2D eigenvalue weighted by Gasteiger charge is 2.16. The van der Waals surface area contributed by atoms with Gasteiger partial charge in [0.1, 0.15) is 34.3 Å². The number of para-hydroxylation sites is 1. The van der Waals surface area contributed by atoms with Gasteiger partial charge in [-0.2, -0.15) is 5.26 Å². The van der Waals surface area contributed by atoms with Gasteiger partial charge in [0, 0.05) is 23.6 Å². The maximum atomic E-state index is 12.5. The molecule has 0 saturated heterocycles. The molecule has 32 heavy (non-hydrogen) atoms. The molecule has 1 N–H and O–H groups in total. The Morgan fingerprint density at radius 2 is 2.00 bits per heavy atom. The third kappa shape index (κ3) is 4.91. The van der Waals surface area contributed by atoms with Gasteiger partial charge >= 0.3 is 11.6 Å². The zero-order chi connectivity index (χ0) is 23.1. The third-order valence-corrected chi connectivity index (χ3v) is 4.35. The summed E-state index contributed by atoms with van der Waals surface area (Å²) >= 11 is 0. The average molecular weight is 430 g/mol. The fourth-order valence-corrected chi connectivity index (χ4v) is 2.81. The molecule has 2 aromatic carbocycles. The number of benzene rings is 2. The van der Waals surface area contributed by atoms with E-state index < -0.39 is 17.5 Å².